The second-order valence-corrected chi connectivity index (χ2v) is 9.60. The van der Waals surface area contributed by atoms with Gasteiger partial charge in [0, 0.05) is 12.5 Å². The fraction of sp³-hybridized carbons (Fsp3) is 0.444. The third kappa shape index (κ3) is 5.95. The predicted octanol–water partition coefficient (Wildman–Crippen LogP) is 4.41. The smallest absolute Gasteiger partial charge is 0.407 e. The van der Waals surface area contributed by atoms with Gasteiger partial charge in [-0.3, -0.25) is 4.79 Å². The lowest BCUT2D eigenvalue weighted by Gasteiger charge is -2.24. The summed E-state index contributed by atoms with van der Waals surface area (Å²) in [7, 11) is 0. The summed E-state index contributed by atoms with van der Waals surface area (Å²) in [6.07, 6.45) is -0.0815. The highest BCUT2D eigenvalue weighted by Gasteiger charge is 2.30. The lowest BCUT2D eigenvalue weighted by atomic mass is 9.95. The molecule has 0 saturated carbocycles. The molecule has 0 aromatic heterocycles. The van der Waals surface area contributed by atoms with Crippen molar-refractivity contribution in [2.75, 3.05) is 13.2 Å². The van der Waals surface area contributed by atoms with Gasteiger partial charge in [0.15, 0.2) is 0 Å². The van der Waals surface area contributed by atoms with Crippen molar-refractivity contribution in [3.63, 3.8) is 0 Å². The van der Waals surface area contributed by atoms with Crippen molar-refractivity contribution in [3.8, 4) is 11.1 Å². The number of amides is 2. The molecule has 182 valence electrons. The Bertz CT molecular complexity index is 988. The van der Waals surface area contributed by atoms with Crippen LogP contribution >= 0.6 is 0 Å². The molecule has 0 bridgehead atoms. The molecular formula is C27H34N2O5. The van der Waals surface area contributed by atoms with Gasteiger partial charge in [-0.1, -0.05) is 76.2 Å². The molecule has 3 rings (SSSR count). The van der Waals surface area contributed by atoms with E-state index in [2.05, 4.69) is 34.9 Å². The molecule has 0 spiro atoms. The second kappa shape index (κ2) is 11.2. The molecule has 3 N–H and O–H groups in total. The molecule has 0 fully saturated rings. The maximum atomic E-state index is 12.8. The van der Waals surface area contributed by atoms with Gasteiger partial charge in [0.05, 0.1) is 5.92 Å². The molecule has 2 amide bonds. The largest absolute Gasteiger partial charge is 0.480 e. The molecule has 7 nitrogen and oxygen atoms in total. The number of fused-ring (bicyclic) bond motifs is 3. The Morgan fingerprint density at radius 1 is 0.941 bits per heavy atom. The first-order valence-electron chi connectivity index (χ1n) is 11.8. The maximum Gasteiger partial charge on any atom is 0.407 e. The van der Waals surface area contributed by atoms with E-state index >= 15 is 0 Å². The molecule has 0 saturated heterocycles. The third-order valence-corrected chi connectivity index (χ3v) is 6.19. The molecule has 2 atom stereocenters. The van der Waals surface area contributed by atoms with Gasteiger partial charge in [-0.25, -0.2) is 9.59 Å². The van der Waals surface area contributed by atoms with E-state index in [1.54, 1.807) is 13.8 Å². The molecule has 1 aliphatic rings. The van der Waals surface area contributed by atoms with E-state index in [1.807, 2.05) is 38.1 Å². The van der Waals surface area contributed by atoms with Crippen molar-refractivity contribution in [2.24, 2.45) is 17.8 Å². The summed E-state index contributed by atoms with van der Waals surface area (Å²) in [4.78, 5) is 36.8. The van der Waals surface area contributed by atoms with Crippen LogP contribution in [0.15, 0.2) is 48.5 Å². The van der Waals surface area contributed by atoms with E-state index in [-0.39, 0.29) is 36.8 Å². The van der Waals surface area contributed by atoms with Crippen molar-refractivity contribution < 1.29 is 24.2 Å². The topological polar surface area (TPSA) is 105 Å². The SMILES string of the molecule is CC(C)CC(CNC(=O)OCC1c2ccccc2-c2ccccc21)C(=O)NC(C(=O)O)C(C)C. The van der Waals surface area contributed by atoms with Crippen molar-refractivity contribution in [1.82, 2.24) is 10.6 Å². The Kier molecular flexibility index (Phi) is 8.31. The first-order chi connectivity index (χ1) is 16.2. The van der Waals surface area contributed by atoms with Gasteiger partial charge in [-0.2, -0.15) is 0 Å². The van der Waals surface area contributed by atoms with Crippen LogP contribution in [0.2, 0.25) is 0 Å². The van der Waals surface area contributed by atoms with Gasteiger partial charge in [-0.05, 0) is 40.5 Å². The van der Waals surface area contributed by atoms with Gasteiger partial charge in [-0.15, -0.1) is 0 Å². The van der Waals surface area contributed by atoms with Gasteiger partial charge in [0.1, 0.15) is 12.6 Å². The van der Waals surface area contributed by atoms with E-state index < -0.39 is 24.0 Å². The Hall–Kier alpha value is -3.35. The Morgan fingerprint density at radius 3 is 2.00 bits per heavy atom. The number of ether oxygens (including phenoxy) is 1. The number of hydrogen-bond donors (Lipinski definition) is 3. The Morgan fingerprint density at radius 2 is 1.50 bits per heavy atom. The van der Waals surface area contributed by atoms with Crippen LogP contribution in [0.5, 0.6) is 0 Å². The molecule has 1 aliphatic carbocycles. The number of rotatable bonds is 10. The normalized spacial score (nSPS) is 14.3. The number of carbonyl (C=O) groups is 3. The van der Waals surface area contributed by atoms with E-state index in [1.165, 1.54) is 0 Å². The van der Waals surface area contributed by atoms with Crippen LogP contribution in [0.4, 0.5) is 4.79 Å². The summed E-state index contributed by atoms with van der Waals surface area (Å²) in [6.45, 7) is 7.70. The zero-order valence-corrected chi connectivity index (χ0v) is 20.2. The van der Waals surface area contributed by atoms with Gasteiger partial charge < -0.3 is 20.5 Å². The minimum Gasteiger partial charge on any atom is -0.480 e. The van der Waals surface area contributed by atoms with E-state index in [0.717, 1.165) is 22.3 Å². The zero-order chi connectivity index (χ0) is 24.8. The van der Waals surface area contributed by atoms with Crippen LogP contribution in [0.1, 0.15) is 51.2 Å². The molecule has 7 heteroatoms. The van der Waals surface area contributed by atoms with Gasteiger partial charge in [0.25, 0.3) is 0 Å². The van der Waals surface area contributed by atoms with E-state index in [9.17, 15) is 19.5 Å². The summed E-state index contributed by atoms with van der Waals surface area (Å²) in [5.74, 6) is -2.11. The maximum absolute atomic E-state index is 12.8. The minimum absolute atomic E-state index is 0.0460. The van der Waals surface area contributed by atoms with E-state index in [0.29, 0.717) is 6.42 Å². The van der Waals surface area contributed by atoms with Crippen LogP contribution in [-0.4, -0.2) is 42.3 Å². The van der Waals surface area contributed by atoms with Crippen molar-refractivity contribution in [2.45, 2.75) is 46.1 Å². The van der Waals surface area contributed by atoms with Crippen LogP contribution in [0.3, 0.4) is 0 Å². The summed E-state index contributed by atoms with van der Waals surface area (Å²) in [5, 5.41) is 14.7. The van der Waals surface area contributed by atoms with Gasteiger partial charge >= 0.3 is 12.1 Å². The molecule has 2 aromatic carbocycles. The predicted molar refractivity (Wildman–Crippen MR) is 130 cm³/mol. The first-order valence-corrected chi connectivity index (χ1v) is 11.8. The molecule has 34 heavy (non-hydrogen) atoms. The highest BCUT2D eigenvalue weighted by atomic mass is 16.5. The molecule has 0 radical (unpaired) electrons. The monoisotopic (exact) mass is 466 g/mol. The van der Waals surface area contributed by atoms with Crippen molar-refractivity contribution in [1.29, 1.82) is 0 Å². The fourth-order valence-electron chi connectivity index (χ4n) is 4.49. The molecule has 0 aliphatic heterocycles. The van der Waals surface area contributed by atoms with Crippen molar-refractivity contribution in [3.05, 3.63) is 59.7 Å². The number of hydrogen-bond acceptors (Lipinski definition) is 4. The Balaban J connectivity index is 1.60. The highest BCUT2D eigenvalue weighted by Crippen LogP contribution is 2.44. The third-order valence-electron chi connectivity index (χ3n) is 6.19. The summed E-state index contributed by atoms with van der Waals surface area (Å²) >= 11 is 0. The summed E-state index contributed by atoms with van der Waals surface area (Å²) < 4.78 is 5.56. The van der Waals surface area contributed by atoms with Crippen LogP contribution in [0, 0.1) is 17.8 Å². The summed E-state index contributed by atoms with van der Waals surface area (Å²) in [6, 6.07) is 15.2. The quantitative estimate of drug-likeness (QED) is 0.481. The first kappa shape index (κ1) is 25.3. The number of benzene rings is 2. The van der Waals surface area contributed by atoms with Crippen LogP contribution in [-0.2, 0) is 14.3 Å². The Labute approximate surface area is 200 Å². The number of nitrogens with one attached hydrogen (secondary N) is 2. The number of carbonyl (C=O) groups excluding carboxylic acids is 2. The molecular weight excluding hydrogens is 432 g/mol. The lowest BCUT2D eigenvalue weighted by Crippen LogP contribution is -2.49. The average molecular weight is 467 g/mol. The van der Waals surface area contributed by atoms with E-state index in [4.69, 9.17) is 4.74 Å². The fourth-order valence-corrected chi connectivity index (χ4v) is 4.49. The zero-order valence-electron chi connectivity index (χ0n) is 20.2. The molecule has 2 unspecified atom stereocenters. The highest BCUT2D eigenvalue weighted by molar-refractivity contribution is 5.85. The number of alkyl carbamates (subject to hydrolysis) is 1. The van der Waals surface area contributed by atoms with Crippen LogP contribution < -0.4 is 10.6 Å². The number of carboxylic acid groups (broad SMARTS) is 1. The number of aliphatic carboxylic acids is 1. The lowest BCUT2D eigenvalue weighted by molar-refractivity contribution is -0.143. The summed E-state index contributed by atoms with van der Waals surface area (Å²) in [5.41, 5.74) is 4.56. The second-order valence-electron chi connectivity index (χ2n) is 9.60. The standard InChI is InChI=1S/C27H34N2O5/c1-16(2)13-18(25(30)29-24(17(3)4)26(31)32)14-28-27(33)34-15-23-21-11-7-5-9-19(21)20-10-6-8-12-22(20)23/h5-12,16-18,23-24H,13-15H2,1-4H3,(H,28,33)(H,29,30)(H,31,32). The minimum atomic E-state index is -1.07. The average Bonchev–Trinajstić information content (AvgIpc) is 3.11. The van der Waals surface area contributed by atoms with Crippen LogP contribution in [0.25, 0.3) is 11.1 Å². The van der Waals surface area contributed by atoms with Gasteiger partial charge in [0.2, 0.25) is 5.91 Å². The number of carboxylic acids is 1. The van der Waals surface area contributed by atoms with Crippen molar-refractivity contribution >= 4 is 18.0 Å². The molecule has 0 heterocycles. The molecule has 2 aromatic rings.